The molecule has 2 aliphatic rings. The molecule has 38 heavy (non-hydrogen) atoms. The highest BCUT2D eigenvalue weighted by atomic mass is 32.2. The second-order valence-corrected chi connectivity index (χ2v) is 10.9. The number of thioether (sulfide) groups is 1. The number of esters is 1. The number of aryl methyl sites for hydroxylation is 1. The van der Waals surface area contributed by atoms with Crippen LogP contribution in [-0.2, 0) is 9.53 Å². The fourth-order valence-corrected chi connectivity index (χ4v) is 6.50. The van der Waals surface area contributed by atoms with Gasteiger partial charge in [-0.25, -0.2) is 4.79 Å². The first-order valence-electron chi connectivity index (χ1n) is 12.6. The molecule has 2 saturated heterocycles. The molecule has 3 aromatic rings. The van der Waals surface area contributed by atoms with E-state index < -0.39 is 28.8 Å². The van der Waals surface area contributed by atoms with Crippen LogP contribution in [0.2, 0.25) is 0 Å². The lowest BCUT2D eigenvalue weighted by molar-refractivity contribution is -0.145. The largest absolute Gasteiger partial charge is 0.505 e. The van der Waals surface area contributed by atoms with Crippen molar-refractivity contribution in [1.82, 2.24) is 4.90 Å². The summed E-state index contributed by atoms with van der Waals surface area (Å²) in [5.74, 6) is 1.03. The van der Waals surface area contributed by atoms with E-state index in [0.717, 1.165) is 24.4 Å². The van der Waals surface area contributed by atoms with Crippen LogP contribution in [0.3, 0.4) is 0 Å². The Morgan fingerprint density at radius 2 is 1.92 bits per heavy atom. The molecule has 3 atom stereocenters. The second kappa shape index (κ2) is 10.6. The summed E-state index contributed by atoms with van der Waals surface area (Å²) in [6.07, 6.45) is 3.10. The number of hydrogen-bond acceptors (Lipinski definition) is 10. The molecule has 0 aliphatic carbocycles. The average Bonchev–Trinajstić information content (AvgIpc) is 3.70. The zero-order chi connectivity index (χ0) is 27.0. The highest BCUT2D eigenvalue weighted by Crippen LogP contribution is 2.40. The summed E-state index contributed by atoms with van der Waals surface area (Å²) in [6.45, 7) is 2.20. The third-order valence-electron chi connectivity index (χ3n) is 7.13. The molecule has 2 fully saturated rings. The van der Waals surface area contributed by atoms with Gasteiger partial charge in [-0.15, -0.1) is 0 Å². The second-order valence-electron chi connectivity index (χ2n) is 9.54. The van der Waals surface area contributed by atoms with Crippen LogP contribution in [0.4, 0.5) is 17.1 Å². The van der Waals surface area contributed by atoms with Gasteiger partial charge in [0, 0.05) is 11.8 Å². The number of hydrogen-bond donors (Lipinski definition) is 3. The minimum atomic E-state index is -0.720. The first-order valence-corrected chi connectivity index (χ1v) is 13.6. The summed E-state index contributed by atoms with van der Waals surface area (Å²) in [4.78, 5) is 51.9. The van der Waals surface area contributed by atoms with Crippen molar-refractivity contribution >= 4 is 40.7 Å². The quantitative estimate of drug-likeness (QED) is 0.222. The maximum absolute atomic E-state index is 13.2. The van der Waals surface area contributed by atoms with Crippen molar-refractivity contribution in [3.05, 3.63) is 67.9 Å². The fraction of sp³-hybridized carbons (Fsp3) is 0.407. The summed E-state index contributed by atoms with van der Waals surface area (Å²) in [7, 11) is 1.27. The Kier molecular flexibility index (Phi) is 7.20. The van der Waals surface area contributed by atoms with E-state index in [1.165, 1.54) is 24.1 Å². The fourth-order valence-electron chi connectivity index (χ4n) is 5.13. The summed E-state index contributed by atoms with van der Waals surface area (Å²) < 4.78 is 10.7. The van der Waals surface area contributed by atoms with E-state index in [4.69, 9.17) is 9.15 Å². The van der Waals surface area contributed by atoms with Crippen molar-refractivity contribution in [3.8, 4) is 5.75 Å². The molecule has 2 aromatic carbocycles. The summed E-state index contributed by atoms with van der Waals surface area (Å²) in [5, 5.41) is 17.2. The SMILES string of the molecule is COC(=O)C1CCCN1C(=O)c1cccc(Nc2c(NC(c3ccc(C)o3)C3CCCS3)c(=O)c2=O)c1O. The Balaban J connectivity index is 1.41. The van der Waals surface area contributed by atoms with Crippen molar-refractivity contribution in [1.29, 1.82) is 0 Å². The summed E-state index contributed by atoms with van der Waals surface area (Å²) in [5.41, 5.74) is -1.18. The van der Waals surface area contributed by atoms with Gasteiger partial charge in [0.05, 0.1) is 24.4 Å². The van der Waals surface area contributed by atoms with Gasteiger partial charge in [-0.3, -0.25) is 14.4 Å². The van der Waals surface area contributed by atoms with E-state index in [9.17, 15) is 24.3 Å². The number of benzene rings is 1. The van der Waals surface area contributed by atoms with Gasteiger partial charge < -0.3 is 29.8 Å². The smallest absolute Gasteiger partial charge is 0.328 e. The summed E-state index contributed by atoms with van der Waals surface area (Å²) >= 11 is 1.78. The number of aromatic hydroxyl groups is 1. The maximum Gasteiger partial charge on any atom is 0.328 e. The minimum absolute atomic E-state index is 0.0137. The van der Waals surface area contributed by atoms with E-state index in [0.29, 0.717) is 25.1 Å². The number of carbonyl (C=O) groups is 2. The highest BCUT2D eigenvalue weighted by molar-refractivity contribution is 8.00. The zero-order valence-electron chi connectivity index (χ0n) is 21.1. The van der Waals surface area contributed by atoms with Crippen LogP contribution in [-0.4, -0.2) is 52.6 Å². The lowest BCUT2D eigenvalue weighted by Gasteiger charge is -2.26. The van der Waals surface area contributed by atoms with Crippen LogP contribution in [0.1, 0.15) is 53.6 Å². The molecule has 5 rings (SSSR count). The topological polar surface area (TPSA) is 138 Å². The van der Waals surface area contributed by atoms with Crippen LogP contribution in [0.25, 0.3) is 0 Å². The van der Waals surface area contributed by atoms with Gasteiger partial charge in [-0.05, 0) is 62.6 Å². The molecule has 10 nitrogen and oxygen atoms in total. The predicted molar refractivity (Wildman–Crippen MR) is 144 cm³/mol. The molecule has 1 amide bonds. The van der Waals surface area contributed by atoms with Crippen LogP contribution < -0.4 is 21.5 Å². The first kappa shape index (κ1) is 25.9. The molecule has 0 radical (unpaired) electrons. The molecule has 3 N–H and O–H groups in total. The number of anilines is 3. The number of carbonyl (C=O) groups excluding carboxylic acids is 2. The lowest BCUT2D eigenvalue weighted by atomic mass is 10.0. The van der Waals surface area contributed by atoms with Crippen LogP contribution in [0.15, 0.2) is 44.3 Å². The number of phenolic OH excluding ortho intramolecular Hbond substituents is 1. The number of ether oxygens (including phenoxy) is 1. The third-order valence-corrected chi connectivity index (χ3v) is 8.59. The Hall–Kier alpha value is -3.73. The normalized spacial score (nSPS) is 20.0. The number of nitrogens with one attached hydrogen (secondary N) is 2. The monoisotopic (exact) mass is 539 g/mol. The highest BCUT2D eigenvalue weighted by Gasteiger charge is 2.37. The maximum atomic E-state index is 13.2. The number of nitrogens with zero attached hydrogens (tertiary/aromatic N) is 1. The molecule has 0 bridgehead atoms. The number of rotatable bonds is 8. The number of phenols is 1. The Bertz CT molecular complexity index is 1440. The number of furan rings is 1. The zero-order valence-corrected chi connectivity index (χ0v) is 21.9. The van der Waals surface area contributed by atoms with Crippen molar-refractivity contribution in [2.24, 2.45) is 0 Å². The van der Waals surface area contributed by atoms with Crippen molar-refractivity contribution in [2.75, 3.05) is 30.0 Å². The van der Waals surface area contributed by atoms with Gasteiger partial charge in [0.15, 0.2) is 5.75 Å². The number of methoxy groups -OCH3 is 1. The van der Waals surface area contributed by atoms with Gasteiger partial charge in [0.2, 0.25) is 0 Å². The van der Waals surface area contributed by atoms with E-state index in [1.54, 1.807) is 17.8 Å². The molecule has 3 unspecified atom stereocenters. The van der Waals surface area contributed by atoms with E-state index >= 15 is 0 Å². The minimum Gasteiger partial charge on any atom is -0.505 e. The molecule has 3 heterocycles. The number of para-hydroxylation sites is 1. The first-order chi connectivity index (χ1) is 18.3. The van der Waals surface area contributed by atoms with Crippen molar-refractivity contribution in [3.63, 3.8) is 0 Å². The molecule has 0 saturated carbocycles. The van der Waals surface area contributed by atoms with Gasteiger partial charge >= 0.3 is 5.97 Å². The van der Waals surface area contributed by atoms with Crippen LogP contribution >= 0.6 is 11.8 Å². The number of amides is 1. The average molecular weight is 540 g/mol. The predicted octanol–water partition coefficient (Wildman–Crippen LogP) is 3.46. The molecule has 11 heteroatoms. The van der Waals surface area contributed by atoms with Gasteiger partial charge in [-0.1, -0.05) is 6.07 Å². The third kappa shape index (κ3) is 4.66. The molecule has 0 spiro atoms. The Morgan fingerprint density at radius 1 is 1.13 bits per heavy atom. The standard InChI is InChI=1S/C27H29N3O7S/c1-14-10-11-18(37-14)20(19-9-5-13-38-19)29-22-21(24(32)25(22)33)28-16-7-3-6-15(23(16)31)26(34)30-12-4-8-17(30)27(35)36-2/h3,6-7,10-11,17,19-20,28-29,31H,4-5,8-9,12-13H2,1-2H3. The van der Waals surface area contributed by atoms with Crippen molar-refractivity contribution < 1.29 is 23.8 Å². The molecule has 2 aliphatic heterocycles. The van der Waals surface area contributed by atoms with Gasteiger partial charge in [0.1, 0.15) is 28.9 Å². The molecular weight excluding hydrogens is 510 g/mol. The molecule has 200 valence electrons. The van der Waals surface area contributed by atoms with Gasteiger partial charge in [-0.2, -0.15) is 11.8 Å². The lowest BCUT2D eigenvalue weighted by Crippen LogP contribution is -2.41. The molecule has 1 aromatic heterocycles. The Morgan fingerprint density at radius 3 is 2.61 bits per heavy atom. The summed E-state index contributed by atoms with van der Waals surface area (Å²) in [6, 6.07) is 7.20. The van der Waals surface area contributed by atoms with Crippen molar-refractivity contribution in [2.45, 2.75) is 49.9 Å². The van der Waals surface area contributed by atoms with E-state index in [1.807, 2.05) is 19.1 Å². The van der Waals surface area contributed by atoms with E-state index in [2.05, 4.69) is 10.6 Å². The van der Waals surface area contributed by atoms with Crippen LogP contribution in [0.5, 0.6) is 5.75 Å². The Labute approximate surface area is 223 Å². The molecular formula is C27H29N3O7S. The number of likely N-dealkylation sites (tertiary alicyclic amines) is 1. The van der Waals surface area contributed by atoms with Crippen LogP contribution in [0, 0.1) is 6.92 Å². The van der Waals surface area contributed by atoms with Gasteiger partial charge in [0.25, 0.3) is 16.8 Å². The van der Waals surface area contributed by atoms with E-state index in [-0.39, 0.29) is 39.7 Å².